The van der Waals surface area contributed by atoms with Crippen molar-refractivity contribution in [2.75, 3.05) is 13.7 Å². The topological polar surface area (TPSA) is 18.5 Å². The van der Waals surface area contributed by atoms with Gasteiger partial charge in [-0.15, -0.1) is 0 Å². The molecular weight excluding hydrogens is 212 g/mol. The Balaban J connectivity index is 0.000000686. The van der Waals surface area contributed by atoms with E-state index in [1.54, 1.807) is 7.11 Å². The van der Waals surface area contributed by atoms with Gasteiger partial charge in [-0.2, -0.15) is 0 Å². The molecule has 0 unspecified atom stereocenters. The Labute approximate surface area is 104 Å². The van der Waals surface area contributed by atoms with Gasteiger partial charge in [0.2, 0.25) is 0 Å². The normalized spacial score (nSPS) is 11.8. The Bertz CT molecular complexity index is 402. The van der Waals surface area contributed by atoms with Crippen LogP contribution in [-0.2, 0) is 6.42 Å². The van der Waals surface area contributed by atoms with Crippen LogP contribution < -0.4 is 9.47 Å². The van der Waals surface area contributed by atoms with Crippen molar-refractivity contribution in [3.63, 3.8) is 0 Å². The molecule has 1 heterocycles. The maximum Gasteiger partial charge on any atom is 0.126 e. The molecular formula is C15H22O2. The number of benzene rings is 1. The van der Waals surface area contributed by atoms with Crippen molar-refractivity contribution in [1.29, 1.82) is 0 Å². The van der Waals surface area contributed by atoms with Crippen LogP contribution in [0.25, 0.3) is 6.08 Å². The molecule has 0 fully saturated rings. The first-order valence-electron chi connectivity index (χ1n) is 6.19. The van der Waals surface area contributed by atoms with Gasteiger partial charge in [0.15, 0.2) is 0 Å². The minimum atomic E-state index is 0.788. The van der Waals surface area contributed by atoms with Gasteiger partial charge in [0, 0.05) is 17.5 Å². The molecule has 0 aromatic heterocycles. The van der Waals surface area contributed by atoms with E-state index >= 15 is 0 Å². The molecule has 94 valence electrons. The molecule has 2 heteroatoms. The zero-order valence-corrected chi connectivity index (χ0v) is 11.5. The van der Waals surface area contributed by atoms with Crippen LogP contribution in [-0.4, -0.2) is 13.7 Å². The number of allylic oxidation sites excluding steroid dienone is 1. The van der Waals surface area contributed by atoms with Crippen molar-refractivity contribution >= 4 is 6.08 Å². The zero-order chi connectivity index (χ0) is 12.8. The zero-order valence-electron chi connectivity index (χ0n) is 11.5. The number of hydrogen-bond acceptors (Lipinski definition) is 2. The maximum absolute atomic E-state index is 5.54. The monoisotopic (exact) mass is 234 g/mol. The van der Waals surface area contributed by atoms with Crippen molar-refractivity contribution in [1.82, 2.24) is 0 Å². The fourth-order valence-corrected chi connectivity index (χ4v) is 1.82. The van der Waals surface area contributed by atoms with Crippen molar-refractivity contribution in [2.24, 2.45) is 0 Å². The molecule has 1 aromatic carbocycles. The van der Waals surface area contributed by atoms with Crippen LogP contribution in [0.3, 0.4) is 0 Å². The third kappa shape index (κ3) is 3.26. The van der Waals surface area contributed by atoms with Crippen molar-refractivity contribution in [3.8, 4) is 11.5 Å². The molecule has 0 N–H and O–H groups in total. The molecule has 0 amide bonds. The van der Waals surface area contributed by atoms with E-state index < -0.39 is 0 Å². The highest BCUT2D eigenvalue weighted by Gasteiger charge is 2.15. The minimum Gasteiger partial charge on any atom is -0.496 e. The van der Waals surface area contributed by atoms with Crippen LogP contribution in [0.4, 0.5) is 0 Å². The first-order chi connectivity index (χ1) is 8.20. The average Bonchev–Trinajstić information content (AvgIpc) is 2.77. The first-order valence-corrected chi connectivity index (χ1v) is 6.19. The van der Waals surface area contributed by atoms with E-state index in [1.807, 2.05) is 13.8 Å². The van der Waals surface area contributed by atoms with Gasteiger partial charge < -0.3 is 9.47 Å². The number of rotatable bonds is 2. The van der Waals surface area contributed by atoms with Crippen LogP contribution >= 0.6 is 0 Å². The lowest BCUT2D eigenvalue weighted by molar-refractivity contribution is 0.356. The maximum atomic E-state index is 5.54. The molecule has 1 aliphatic heterocycles. The molecule has 0 spiro atoms. The quantitative estimate of drug-likeness (QED) is 0.767. The summed E-state index contributed by atoms with van der Waals surface area (Å²) in [6.07, 6.45) is 3.10. The molecule has 1 aromatic rings. The van der Waals surface area contributed by atoms with Gasteiger partial charge in [0.25, 0.3) is 0 Å². The Hall–Kier alpha value is -1.44. The predicted molar refractivity (Wildman–Crippen MR) is 72.9 cm³/mol. The highest BCUT2D eigenvalue weighted by Crippen LogP contribution is 2.33. The summed E-state index contributed by atoms with van der Waals surface area (Å²) in [5.41, 5.74) is 3.60. The lowest BCUT2D eigenvalue weighted by Crippen LogP contribution is -1.89. The van der Waals surface area contributed by atoms with Crippen LogP contribution in [0.1, 0.15) is 38.8 Å². The molecule has 2 rings (SSSR count). The van der Waals surface area contributed by atoms with E-state index in [9.17, 15) is 0 Å². The summed E-state index contributed by atoms with van der Waals surface area (Å²) in [6.45, 7) is 8.94. The Kier molecular flexibility index (Phi) is 5.08. The smallest absolute Gasteiger partial charge is 0.126 e. The van der Waals surface area contributed by atoms with E-state index in [2.05, 4.69) is 32.1 Å². The fourth-order valence-electron chi connectivity index (χ4n) is 1.82. The lowest BCUT2D eigenvalue weighted by Gasteiger charge is -2.08. The number of methoxy groups -OCH3 is 1. The van der Waals surface area contributed by atoms with Gasteiger partial charge in [-0.3, -0.25) is 0 Å². The summed E-state index contributed by atoms with van der Waals surface area (Å²) in [5.74, 6) is 1.93. The van der Waals surface area contributed by atoms with Gasteiger partial charge in [-0.25, -0.2) is 0 Å². The lowest BCUT2D eigenvalue weighted by atomic mass is 10.1. The van der Waals surface area contributed by atoms with Gasteiger partial charge in [-0.1, -0.05) is 25.5 Å². The number of ether oxygens (including phenoxy) is 2. The van der Waals surface area contributed by atoms with Crippen molar-refractivity contribution < 1.29 is 9.47 Å². The van der Waals surface area contributed by atoms with Crippen LogP contribution in [0, 0.1) is 0 Å². The third-order valence-electron chi connectivity index (χ3n) is 2.49. The standard InChI is InChI=1S/C13H16O2.C2H6/c1-9(2)6-11-8-13-10(4-5-15-13)7-12(11)14-3;1-2/h6-8H,4-5H2,1-3H3;1-2H3. The summed E-state index contributed by atoms with van der Waals surface area (Å²) < 4.78 is 10.9. The number of fused-ring (bicyclic) bond motifs is 1. The average molecular weight is 234 g/mol. The van der Waals surface area contributed by atoms with E-state index in [1.165, 1.54) is 11.1 Å². The second-order valence-corrected chi connectivity index (χ2v) is 4.02. The van der Waals surface area contributed by atoms with Gasteiger partial charge in [-0.05, 0) is 26.0 Å². The molecule has 0 radical (unpaired) electrons. The molecule has 0 saturated heterocycles. The second kappa shape index (κ2) is 6.33. The molecule has 0 saturated carbocycles. The van der Waals surface area contributed by atoms with E-state index in [0.29, 0.717) is 0 Å². The summed E-state index contributed by atoms with van der Waals surface area (Å²) in [6, 6.07) is 4.14. The summed E-state index contributed by atoms with van der Waals surface area (Å²) in [4.78, 5) is 0. The SMILES string of the molecule is CC.COc1cc2c(cc1C=C(C)C)OCC2. The van der Waals surface area contributed by atoms with Gasteiger partial charge >= 0.3 is 0 Å². The van der Waals surface area contributed by atoms with E-state index in [-0.39, 0.29) is 0 Å². The molecule has 2 nitrogen and oxygen atoms in total. The Morgan fingerprint density at radius 1 is 1.29 bits per heavy atom. The summed E-state index contributed by atoms with van der Waals surface area (Å²) in [5, 5.41) is 0. The van der Waals surface area contributed by atoms with Crippen LogP contribution in [0.2, 0.25) is 0 Å². The van der Waals surface area contributed by atoms with Crippen LogP contribution in [0.15, 0.2) is 17.7 Å². The first kappa shape index (κ1) is 13.6. The van der Waals surface area contributed by atoms with Gasteiger partial charge in [0.1, 0.15) is 11.5 Å². The van der Waals surface area contributed by atoms with Crippen molar-refractivity contribution in [3.05, 3.63) is 28.8 Å². The molecule has 0 atom stereocenters. The second-order valence-electron chi connectivity index (χ2n) is 4.02. The molecule has 0 bridgehead atoms. The Morgan fingerprint density at radius 2 is 2.00 bits per heavy atom. The minimum absolute atomic E-state index is 0.788. The molecule has 0 aliphatic carbocycles. The highest BCUT2D eigenvalue weighted by atomic mass is 16.5. The molecule has 1 aliphatic rings. The predicted octanol–water partition coefficient (Wildman–Crippen LogP) is 4.08. The summed E-state index contributed by atoms with van der Waals surface area (Å²) in [7, 11) is 1.71. The van der Waals surface area contributed by atoms with Crippen LogP contribution in [0.5, 0.6) is 11.5 Å². The molecule has 17 heavy (non-hydrogen) atoms. The van der Waals surface area contributed by atoms with Gasteiger partial charge in [0.05, 0.1) is 13.7 Å². The Morgan fingerprint density at radius 3 is 2.59 bits per heavy atom. The van der Waals surface area contributed by atoms with E-state index in [4.69, 9.17) is 9.47 Å². The van der Waals surface area contributed by atoms with Crippen molar-refractivity contribution in [2.45, 2.75) is 34.1 Å². The highest BCUT2D eigenvalue weighted by molar-refractivity contribution is 5.63. The largest absolute Gasteiger partial charge is 0.496 e. The summed E-state index contributed by atoms with van der Waals surface area (Å²) >= 11 is 0. The fraction of sp³-hybridized carbons (Fsp3) is 0.467. The third-order valence-corrected chi connectivity index (χ3v) is 2.49. The number of hydrogen-bond donors (Lipinski definition) is 0. The van der Waals surface area contributed by atoms with E-state index in [0.717, 1.165) is 30.1 Å².